The Balaban J connectivity index is 1.77. The van der Waals surface area contributed by atoms with E-state index in [1.54, 1.807) is 11.8 Å². The molecule has 1 aliphatic carbocycles. The normalized spacial score (nSPS) is 22.9. The molecule has 0 aromatic rings. The Morgan fingerprint density at radius 2 is 1.95 bits per heavy atom. The molecule has 2 fully saturated rings. The van der Waals surface area contributed by atoms with Gasteiger partial charge in [-0.1, -0.05) is 37.9 Å². The summed E-state index contributed by atoms with van der Waals surface area (Å²) in [6, 6.07) is 0. The molecule has 1 heterocycles. The lowest BCUT2D eigenvalue weighted by molar-refractivity contribution is -0.132. The first-order valence-corrected chi connectivity index (χ1v) is 9.33. The van der Waals surface area contributed by atoms with E-state index < -0.39 is 0 Å². The molecule has 2 rings (SSSR count). The highest BCUT2D eigenvalue weighted by atomic mass is 32.2. The summed E-state index contributed by atoms with van der Waals surface area (Å²) >= 11 is 6.95. The van der Waals surface area contributed by atoms with Gasteiger partial charge >= 0.3 is 0 Å². The average molecular weight is 315 g/mol. The van der Waals surface area contributed by atoms with Crippen LogP contribution in [-0.2, 0) is 4.79 Å². The molecular weight excluding hydrogens is 288 g/mol. The lowest BCUT2D eigenvalue weighted by Gasteiger charge is -2.40. The molecule has 1 saturated heterocycles. The molecule has 20 heavy (non-hydrogen) atoms. The fourth-order valence-electron chi connectivity index (χ4n) is 3.45. The van der Waals surface area contributed by atoms with Gasteiger partial charge < -0.3 is 10.6 Å². The molecule has 5 heteroatoms. The SMILES string of the molecule is CSC1(C(N)=S)CCN(C(=O)CCC2CCCC2)CC1. The molecular formula is C15H26N2OS2. The number of hydrogen-bond acceptors (Lipinski definition) is 3. The van der Waals surface area contributed by atoms with Gasteiger partial charge in [-0.15, -0.1) is 0 Å². The zero-order chi connectivity index (χ0) is 14.6. The van der Waals surface area contributed by atoms with Gasteiger partial charge in [-0.25, -0.2) is 0 Å². The van der Waals surface area contributed by atoms with Crippen molar-refractivity contribution in [2.75, 3.05) is 19.3 Å². The van der Waals surface area contributed by atoms with E-state index in [4.69, 9.17) is 18.0 Å². The minimum Gasteiger partial charge on any atom is -0.392 e. The van der Waals surface area contributed by atoms with Crippen LogP contribution in [0.15, 0.2) is 0 Å². The number of likely N-dealkylation sites (tertiary alicyclic amines) is 1. The van der Waals surface area contributed by atoms with Crippen LogP contribution in [0.5, 0.6) is 0 Å². The van der Waals surface area contributed by atoms with E-state index in [2.05, 4.69) is 6.26 Å². The molecule has 3 nitrogen and oxygen atoms in total. The monoisotopic (exact) mass is 314 g/mol. The van der Waals surface area contributed by atoms with E-state index in [1.165, 1.54) is 25.7 Å². The van der Waals surface area contributed by atoms with Crippen molar-refractivity contribution in [2.24, 2.45) is 11.7 Å². The number of hydrogen-bond donors (Lipinski definition) is 1. The third kappa shape index (κ3) is 3.67. The summed E-state index contributed by atoms with van der Waals surface area (Å²) in [6.45, 7) is 1.61. The van der Waals surface area contributed by atoms with Crippen LogP contribution < -0.4 is 5.73 Å². The maximum Gasteiger partial charge on any atom is 0.222 e. The van der Waals surface area contributed by atoms with Crippen LogP contribution in [0.2, 0.25) is 0 Å². The van der Waals surface area contributed by atoms with Crippen LogP contribution >= 0.6 is 24.0 Å². The molecule has 0 aromatic heterocycles. The molecule has 0 atom stereocenters. The molecule has 0 aromatic carbocycles. The number of amides is 1. The Bertz CT molecular complexity index is 359. The Morgan fingerprint density at radius 3 is 2.45 bits per heavy atom. The van der Waals surface area contributed by atoms with Gasteiger partial charge in [0.15, 0.2) is 0 Å². The number of thiocarbonyl (C=S) groups is 1. The molecule has 1 amide bonds. The quantitative estimate of drug-likeness (QED) is 0.793. The standard InChI is InChI=1S/C15H26N2OS2/c1-20-15(14(16)19)8-10-17(11-9-15)13(18)7-6-12-4-2-3-5-12/h12H,2-11H2,1H3,(H2,16,19). The predicted molar refractivity (Wildman–Crippen MR) is 90.0 cm³/mol. The first-order chi connectivity index (χ1) is 9.57. The van der Waals surface area contributed by atoms with Gasteiger partial charge in [0, 0.05) is 19.5 Å². The number of rotatable bonds is 5. The Hall–Kier alpha value is -0.290. The zero-order valence-electron chi connectivity index (χ0n) is 12.4. The largest absolute Gasteiger partial charge is 0.392 e. The molecule has 0 bridgehead atoms. The second kappa shape index (κ2) is 7.12. The fraction of sp³-hybridized carbons (Fsp3) is 0.867. The second-order valence-electron chi connectivity index (χ2n) is 6.13. The van der Waals surface area contributed by atoms with Crippen molar-refractivity contribution in [3.8, 4) is 0 Å². The van der Waals surface area contributed by atoms with Crippen molar-refractivity contribution >= 4 is 34.9 Å². The summed E-state index contributed by atoms with van der Waals surface area (Å²) in [5, 5.41) is 0. The third-order valence-corrected chi connectivity index (χ3v) is 6.93. The van der Waals surface area contributed by atoms with E-state index in [9.17, 15) is 4.79 Å². The number of piperidine rings is 1. The Labute approximate surface area is 132 Å². The molecule has 114 valence electrons. The van der Waals surface area contributed by atoms with Crippen molar-refractivity contribution < 1.29 is 4.79 Å². The third-order valence-electron chi connectivity index (χ3n) is 5.00. The van der Waals surface area contributed by atoms with Crippen LogP contribution in [0.1, 0.15) is 51.4 Å². The first kappa shape index (κ1) is 16.1. The summed E-state index contributed by atoms with van der Waals surface area (Å²) in [7, 11) is 0. The van der Waals surface area contributed by atoms with Gasteiger partial charge in [-0.05, 0) is 31.4 Å². The number of nitrogens with two attached hydrogens (primary N) is 1. The second-order valence-corrected chi connectivity index (χ2v) is 7.76. The number of carbonyl (C=O) groups is 1. The van der Waals surface area contributed by atoms with Crippen molar-refractivity contribution in [3.63, 3.8) is 0 Å². The maximum atomic E-state index is 12.3. The summed E-state index contributed by atoms with van der Waals surface area (Å²) in [5.41, 5.74) is 5.88. The Morgan fingerprint density at radius 1 is 1.35 bits per heavy atom. The van der Waals surface area contributed by atoms with E-state index in [0.717, 1.165) is 44.7 Å². The molecule has 1 saturated carbocycles. The highest BCUT2D eigenvalue weighted by Crippen LogP contribution is 2.35. The van der Waals surface area contributed by atoms with Gasteiger partial charge in [0.25, 0.3) is 0 Å². The highest BCUT2D eigenvalue weighted by molar-refractivity contribution is 8.02. The molecule has 0 radical (unpaired) electrons. The molecule has 0 unspecified atom stereocenters. The summed E-state index contributed by atoms with van der Waals surface area (Å²) in [6.07, 6.45) is 11.0. The van der Waals surface area contributed by atoms with Crippen LogP contribution in [0.3, 0.4) is 0 Å². The van der Waals surface area contributed by atoms with Crippen LogP contribution in [-0.4, -0.2) is 39.9 Å². The summed E-state index contributed by atoms with van der Waals surface area (Å²) in [5.74, 6) is 1.13. The van der Waals surface area contributed by atoms with Crippen LogP contribution in [0, 0.1) is 5.92 Å². The average Bonchev–Trinajstić information content (AvgIpc) is 2.98. The highest BCUT2D eigenvalue weighted by Gasteiger charge is 2.37. The van der Waals surface area contributed by atoms with Gasteiger partial charge in [0.05, 0.1) is 9.74 Å². The van der Waals surface area contributed by atoms with E-state index in [1.807, 2.05) is 4.90 Å². The minimum atomic E-state index is -0.0857. The summed E-state index contributed by atoms with van der Waals surface area (Å²) < 4.78 is -0.0857. The number of carbonyl (C=O) groups excluding carboxylic acids is 1. The van der Waals surface area contributed by atoms with Crippen LogP contribution in [0.25, 0.3) is 0 Å². The van der Waals surface area contributed by atoms with E-state index >= 15 is 0 Å². The van der Waals surface area contributed by atoms with Crippen LogP contribution in [0.4, 0.5) is 0 Å². The van der Waals surface area contributed by atoms with Crippen molar-refractivity contribution in [2.45, 2.75) is 56.1 Å². The molecule has 0 spiro atoms. The van der Waals surface area contributed by atoms with Gasteiger partial charge in [-0.3, -0.25) is 4.79 Å². The molecule has 1 aliphatic heterocycles. The number of thioether (sulfide) groups is 1. The smallest absolute Gasteiger partial charge is 0.222 e. The number of nitrogens with zero attached hydrogens (tertiary/aromatic N) is 1. The van der Waals surface area contributed by atoms with Crippen molar-refractivity contribution in [3.05, 3.63) is 0 Å². The van der Waals surface area contributed by atoms with E-state index in [-0.39, 0.29) is 4.75 Å². The minimum absolute atomic E-state index is 0.0857. The van der Waals surface area contributed by atoms with Gasteiger partial charge in [0.1, 0.15) is 0 Å². The Kier molecular flexibility index (Phi) is 5.73. The van der Waals surface area contributed by atoms with Gasteiger partial charge in [0.2, 0.25) is 5.91 Å². The molecule has 2 aliphatic rings. The fourth-order valence-corrected chi connectivity index (χ4v) is 4.70. The lowest BCUT2D eigenvalue weighted by atomic mass is 9.94. The van der Waals surface area contributed by atoms with Crippen molar-refractivity contribution in [1.29, 1.82) is 0 Å². The maximum absolute atomic E-state index is 12.3. The van der Waals surface area contributed by atoms with Crippen molar-refractivity contribution in [1.82, 2.24) is 4.90 Å². The predicted octanol–water partition coefficient (Wildman–Crippen LogP) is 2.97. The van der Waals surface area contributed by atoms with Gasteiger partial charge in [-0.2, -0.15) is 11.8 Å². The summed E-state index contributed by atoms with van der Waals surface area (Å²) in [4.78, 5) is 14.9. The first-order valence-electron chi connectivity index (χ1n) is 7.70. The topological polar surface area (TPSA) is 46.3 Å². The lowest BCUT2D eigenvalue weighted by Crippen LogP contribution is -2.50. The zero-order valence-corrected chi connectivity index (χ0v) is 14.0. The van der Waals surface area contributed by atoms with E-state index in [0.29, 0.717) is 10.9 Å². The molecule has 2 N–H and O–H groups in total.